The second kappa shape index (κ2) is 8.18. The highest BCUT2D eigenvalue weighted by Gasteiger charge is 2.16. The molecule has 0 spiro atoms. The Morgan fingerprint density at radius 1 is 1.45 bits per heavy atom. The molecule has 1 aromatic rings. The molecule has 2 N–H and O–H groups in total. The Balaban J connectivity index is 1.76. The third-order valence-electron chi connectivity index (χ3n) is 4.39. The SMILES string of the molecule is CCc1ccc(O)c(C(=O)NCCCN2CCCC(C)C2)c1. The van der Waals surface area contributed by atoms with Gasteiger partial charge in [0.25, 0.3) is 5.91 Å². The lowest BCUT2D eigenvalue weighted by Crippen LogP contribution is -2.36. The maximum Gasteiger partial charge on any atom is 0.255 e. The third kappa shape index (κ3) is 4.73. The van der Waals surface area contributed by atoms with Crippen molar-refractivity contribution in [2.75, 3.05) is 26.2 Å². The van der Waals surface area contributed by atoms with Crippen LogP contribution in [-0.2, 0) is 6.42 Å². The smallest absolute Gasteiger partial charge is 0.255 e. The number of nitrogens with zero attached hydrogens (tertiary/aromatic N) is 1. The van der Waals surface area contributed by atoms with Crippen molar-refractivity contribution < 1.29 is 9.90 Å². The van der Waals surface area contributed by atoms with Gasteiger partial charge >= 0.3 is 0 Å². The Bertz CT molecular complexity index is 502. The molecule has 1 atom stereocenters. The number of rotatable bonds is 6. The molecule has 1 aromatic carbocycles. The number of phenols is 1. The molecule has 0 bridgehead atoms. The second-order valence-electron chi connectivity index (χ2n) is 6.36. The maximum atomic E-state index is 12.2. The number of phenolic OH excluding ortho intramolecular Hbond substituents is 1. The Kier molecular flexibility index (Phi) is 6.25. The molecule has 0 radical (unpaired) electrons. The van der Waals surface area contributed by atoms with Crippen LogP contribution in [0.15, 0.2) is 18.2 Å². The molecule has 1 unspecified atom stereocenters. The summed E-state index contributed by atoms with van der Waals surface area (Å²) in [6.07, 6.45) is 4.42. The number of hydrogen-bond acceptors (Lipinski definition) is 3. The van der Waals surface area contributed by atoms with E-state index in [0.29, 0.717) is 12.1 Å². The number of hydrogen-bond donors (Lipinski definition) is 2. The van der Waals surface area contributed by atoms with E-state index in [1.54, 1.807) is 12.1 Å². The molecule has 0 aliphatic carbocycles. The third-order valence-corrected chi connectivity index (χ3v) is 4.39. The number of likely N-dealkylation sites (tertiary alicyclic amines) is 1. The minimum absolute atomic E-state index is 0.0551. The summed E-state index contributed by atoms with van der Waals surface area (Å²) in [5, 5.41) is 12.7. The summed E-state index contributed by atoms with van der Waals surface area (Å²) in [6, 6.07) is 5.23. The summed E-state index contributed by atoms with van der Waals surface area (Å²) >= 11 is 0. The first kappa shape index (κ1) is 16.8. The topological polar surface area (TPSA) is 52.6 Å². The number of aromatic hydroxyl groups is 1. The molecule has 4 heteroatoms. The number of aryl methyl sites for hydroxylation is 1. The predicted octanol–water partition coefficient (Wildman–Crippen LogP) is 2.81. The average Bonchev–Trinajstić information content (AvgIpc) is 2.52. The van der Waals surface area contributed by atoms with Gasteiger partial charge < -0.3 is 15.3 Å². The molecule has 2 rings (SSSR count). The van der Waals surface area contributed by atoms with Crippen molar-refractivity contribution in [3.05, 3.63) is 29.3 Å². The van der Waals surface area contributed by atoms with Crippen molar-refractivity contribution in [2.45, 2.75) is 39.5 Å². The van der Waals surface area contributed by atoms with Crippen molar-refractivity contribution in [1.82, 2.24) is 10.2 Å². The van der Waals surface area contributed by atoms with Gasteiger partial charge in [-0.15, -0.1) is 0 Å². The van der Waals surface area contributed by atoms with E-state index >= 15 is 0 Å². The summed E-state index contributed by atoms with van der Waals surface area (Å²) in [6.45, 7) is 8.38. The number of nitrogens with one attached hydrogen (secondary N) is 1. The standard InChI is InChI=1S/C18H28N2O2/c1-3-15-7-8-17(21)16(12-15)18(22)19-9-5-11-20-10-4-6-14(2)13-20/h7-8,12,14,21H,3-6,9-11,13H2,1-2H3,(H,19,22). The minimum atomic E-state index is -0.181. The van der Waals surface area contributed by atoms with Gasteiger partial charge in [0.1, 0.15) is 5.75 Å². The number of piperidine rings is 1. The lowest BCUT2D eigenvalue weighted by Gasteiger charge is -2.30. The highest BCUT2D eigenvalue weighted by molar-refractivity contribution is 5.96. The summed E-state index contributed by atoms with van der Waals surface area (Å²) < 4.78 is 0. The van der Waals surface area contributed by atoms with Crippen LogP contribution in [0.1, 0.15) is 49.0 Å². The average molecular weight is 304 g/mol. The zero-order valence-electron chi connectivity index (χ0n) is 13.8. The first-order valence-electron chi connectivity index (χ1n) is 8.42. The first-order chi connectivity index (χ1) is 10.6. The van der Waals surface area contributed by atoms with Crippen LogP contribution >= 0.6 is 0 Å². The summed E-state index contributed by atoms with van der Waals surface area (Å²) in [5.41, 5.74) is 1.44. The molecule has 0 saturated carbocycles. The van der Waals surface area contributed by atoms with Gasteiger partial charge in [-0.25, -0.2) is 0 Å². The van der Waals surface area contributed by atoms with Crippen molar-refractivity contribution >= 4 is 5.91 Å². The maximum absolute atomic E-state index is 12.2. The summed E-state index contributed by atoms with van der Waals surface area (Å²) in [4.78, 5) is 14.6. The zero-order valence-corrected chi connectivity index (χ0v) is 13.8. The normalized spacial score (nSPS) is 19.1. The van der Waals surface area contributed by atoms with Crippen LogP contribution in [0.2, 0.25) is 0 Å². The molecule has 1 aliphatic rings. The molecule has 1 fully saturated rings. The van der Waals surface area contributed by atoms with Gasteiger partial charge in [-0.3, -0.25) is 4.79 Å². The van der Waals surface area contributed by atoms with Gasteiger partial charge in [-0.2, -0.15) is 0 Å². The van der Waals surface area contributed by atoms with Crippen LogP contribution in [-0.4, -0.2) is 42.1 Å². The van der Waals surface area contributed by atoms with Gasteiger partial charge in [0.2, 0.25) is 0 Å². The van der Waals surface area contributed by atoms with Crippen LogP contribution in [0.5, 0.6) is 5.75 Å². The molecule has 0 aromatic heterocycles. The number of carbonyl (C=O) groups is 1. The number of amides is 1. The van der Waals surface area contributed by atoms with Gasteiger partial charge in [-0.05, 0) is 62.4 Å². The summed E-state index contributed by atoms with van der Waals surface area (Å²) in [7, 11) is 0. The van der Waals surface area contributed by atoms with Crippen molar-refractivity contribution in [1.29, 1.82) is 0 Å². The van der Waals surface area contributed by atoms with E-state index in [0.717, 1.165) is 30.9 Å². The second-order valence-corrected chi connectivity index (χ2v) is 6.36. The Morgan fingerprint density at radius 3 is 3.00 bits per heavy atom. The van der Waals surface area contributed by atoms with Crippen LogP contribution in [0.25, 0.3) is 0 Å². The Hall–Kier alpha value is -1.55. The van der Waals surface area contributed by atoms with Crippen LogP contribution in [0, 0.1) is 5.92 Å². The van der Waals surface area contributed by atoms with Gasteiger partial charge in [0.15, 0.2) is 0 Å². The molecule has 122 valence electrons. The number of benzene rings is 1. The Morgan fingerprint density at radius 2 is 2.27 bits per heavy atom. The van der Waals surface area contributed by atoms with Crippen LogP contribution < -0.4 is 5.32 Å². The zero-order chi connectivity index (χ0) is 15.9. The van der Waals surface area contributed by atoms with E-state index in [9.17, 15) is 9.90 Å². The van der Waals surface area contributed by atoms with Crippen LogP contribution in [0.3, 0.4) is 0 Å². The van der Waals surface area contributed by atoms with Gasteiger partial charge in [0, 0.05) is 13.1 Å². The molecule has 1 aliphatic heterocycles. The van der Waals surface area contributed by atoms with Gasteiger partial charge in [0.05, 0.1) is 5.56 Å². The molecule has 1 heterocycles. The molecular weight excluding hydrogens is 276 g/mol. The quantitative estimate of drug-likeness (QED) is 0.795. The van der Waals surface area contributed by atoms with E-state index in [4.69, 9.17) is 0 Å². The van der Waals surface area contributed by atoms with Crippen molar-refractivity contribution in [3.63, 3.8) is 0 Å². The van der Waals surface area contributed by atoms with E-state index in [1.165, 1.54) is 25.9 Å². The molecule has 4 nitrogen and oxygen atoms in total. The fourth-order valence-corrected chi connectivity index (χ4v) is 3.07. The van der Waals surface area contributed by atoms with Gasteiger partial charge in [-0.1, -0.05) is 19.9 Å². The van der Waals surface area contributed by atoms with E-state index in [1.807, 2.05) is 13.0 Å². The highest BCUT2D eigenvalue weighted by Crippen LogP contribution is 2.19. The van der Waals surface area contributed by atoms with Crippen LogP contribution in [0.4, 0.5) is 0 Å². The molecule has 1 amide bonds. The predicted molar refractivity (Wildman–Crippen MR) is 89.3 cm³/mol. The summed E-state index contributed by atoms with van der Waals surface area (Å²) in [5.74, 6) is 0.663. The largest absolute Gasteiger partial charge is 0.507 e. The van der Waals surface area contributed by atoms with Crippen molar-refractivity contribution in [2.24, 2.45) is 5.92 Å². The molecule has 22 heavy (non-hydrogen) atoms. The van der Waals surface area contributed by atoms with E-state index in [-0.39, 0.29) is 11.7 Å². The Labute approximate surface area is 133 Å². The number of carbonyl (C=O) groups excluding carboxylic acids is 1. The fourth-order valence-electron chi connectivity index (χ4n) is 3.07. The minimum Gasteiger partial charge on any atom is -0.507 e. The lowest BCUT2D eigenvalue weighted by molar-refractivity contribution is 0.0947. The monoisotopic (exact) mass is 304 g/mol. The van der Waals surface area contributed by atoms with E-state index < -0.39 is 0 Å². The molecule has 1 saturated heterocycles. The van der Waals surface area contributed by atoms with E-state index in [2.05, 4.69) is 17.1 Å². The highest BCUT2D eigenvalue weighted by atomic mass is 16.3. The van der Waals surface area contributed by atoms with Crippen molar-refractivity contribution in [3.8, 4) is 5.75 Å². The fraction of sp³-hybridized carbons (Fsp3) is 0.611. The first-order valence-corrected chi connectivity index (χ1v) is 8.42. The molecular formula is C18H28N2O2. The lowest BCUT2D eigenvalue weighted by atomic mass is 10.0.